The summed E-state index contributed by atoms with van der Waals surface area (Å²) < 4.78 is 6.31. The van der Waals surface area contributed by atoms with Crippen LogP contribution in [0.5, 0.6) is 0 Å². The van der Waals surface area contributed by atoms with Crippen molar-refractivity contribution in [1.82, 2.24) is 14.8 Å². The Morgan fingerprint density at radius 2 is 1.96 bits per heavy atom. The first-order valence-corrected chi connectivity index (χ1v) is 8.90. The molecule has 2 aliphatic heterocycles. The van der Waals surface area contributed by atoms with E-state index >= 15 is 0 Å². The van der Waals surface area contributed by atoms with Crippen molar-refractivity contribution in [3.05, 3.63) is 22.8 Å². The second kappa shape index (κ2) is 7.49. The van der Waals surface area contributed by atoms with Gasteiger partial charge in [-0.05, 0) is 40.9 Å². The van der Waals surface area contributed by atoms with E-state index in [0.717, 1.165) is 36.2 Å². The van der Waals surface area contributed by atoms with Gasteiger partial charge in [0.1, 0.15) is 5.82 Å². The van der Waals surface area contributed by atoms with Gasteiger partial charge in [-0.3, -0.25) is 0 Å². The van der Waals surface area contributed by atoms with Gasteiger partial charge in [0.25, 0.3) is 0 Å². The molecular weight excluding hydrogens is 360 g/mol. The molecular formula is C16H23BrN4O2. The molecule has 2 aliphatic rings. The van der Waals surface area contributed by atoms with Gasteiger partial charge in [0, 0.05) is 49.9 Å². The summed E-state index contributed by atoms with van der Waals surface area (Å²) in [5, 5.41) is 0. The van der Waals surface area contributed by atoms with Crippen molar-refractivity contribution in [2.24, 2.45) is 0 Å². The monoisotopic (exact) mass is 382 g/mol. The fourth-order valence-electron chi connectivity index (χ4n) is 3.17. The predicted octanol–water partition coefficient (Wildman–Crippen LogP) is 2.20. The van der Waals surface area contributed by atoms with E-state index in [2.05, 4.69) is 25.8 Å². The fourth-order valence-corrected chi connectivity index (χ4v) is 3.41. The molecule has 0 atom stereocenters. The molecule has 1 aromatic heterocycles. The smallest absolute Gasteiger partial charge is 0.320 e. The van der Waals surface area contributed by atoms with Crippen LogP contribution in [0.25, 0.3) is 0 Å². The van der Waals surface area contributed by atoms with Crippen molar-refractivity contribution in [3.63, 3.8) is 0 Å². The minimum Gasteiger partial charge on any atom is -0.378 e. The summed E-state index contributed by atoms with van der Waals surface area (Å²) in [6, 6.07) is 4.49. The number of urea groups is 1. The molecule has 2 amide bonds. The summed E-state index contributed by atoms with van der Waals surface area (Å²) in [7, 11) is 1.93. The average molecular weight is 383 g/mol. The van der Waals surface area contributed by atoms with Crippen LogP contribution in [0, 0.1) is 0 Å². The lowest BCUT2D eigenvalue weighted by Gasteiger charge is -2.39. The highest BCUT2D eigenvalue weighted by atomic mass is 79.9. The number of rotatable bonds is 2. The van der Waals surface area contributed by atoms with Crippen LogP contribution < -0.4 is 4.90 Å². The minimum absolute atomic E-state index is 0.133. The van der Waals surface area contributed by atoms with Crippen molar-refractivity contribution in [2.75, 3.05) is 51.3 Å². The number of pyridine rings is 1. The second-order valence-corrected chi connectivity index (χ2v) is 6.96. The molecule has 6 nitrogen and oxygen atoms in total. The number of nitrogens with zero attached hydrogens (tertiary/aromatic N) is 4. The van der Waals surface area contributed by atoms with Crippen LogP contribution in [0.15, 0.2) is 22.8 Å². The number of aromatic nitrogens is 1. The third kappa shape index (κ3) is 3.95. The quantitative estimate of drug-likeness (QED) is 0.786. The summed E-state index contributed by atoms with van der Waals surface area (Å²) in [5.74, 6) is 1.01. The van der Waals surface area contributed by atoms with Gasteiger partial charge in [-0.15, -0.1) is 0 Å². The molecule has 0 saturated carbocycles. The predicted molar refractivity (Wildman–Crippen MR) is 92.7 cm³/mol. The Morgan fingerprint density at radius 3 is 2.57 bits per heavy atom. The molecule has 0 unspecified atom stereocenters. The van der Waals surface area contributed by atoms with Crippen LogP contribution >= 0.6 is 15.9 Å². The van der Waals surface area contributed by atoms with Crippen LogP contribution in [0.4, 0.5) is 10.6 Å². The summed E-state index contributed by atoms with van der Waals surface area (Å²) in [4.78, 5) is 23.1. The third-order valence-electron chi connectivity index (χ3n) is 4.63. The van der Waals surface area contributed by atoms with E-state index in [1.807, 2.05) is 35.2 Å². The van der Waals surface area contributed by atoms with E-state index in [1.165, 1.54) is 0 Å². The zero-order chi connectivity index (χ0) is 16.2. The molecule has 0 aliphatic carbocycles. The van der Waals surface area contributed by atoms with Crippen molar-refractivity contribution in [1.29, 1.82) is 0 Å². The van der Waals surface area contributed by atoms with Crippen molar-refractivity contribution < 1.29 is 9.53 Å². The number of ether oxygens (including phenoxy) is 1. The maximum absolute atomic E-state index is 12.6. The van der Waals surface area contributed by atoms with Gasteiger partial charge in [0.05, 0.1) is 13.2 Å². The Bertz CT molecular complexity index is 525. The highest BCUT2D eigenvalue weighted by molar-refractivity contribution is 9.10. The molecule has 0 spiro atoms. The lowest BCUT2D eigenvalue weighted by molar-refractivity contribution is 0.0409. The van der Waals surface area contributed by atoms with Gasteiger partial charge in [-0.2, -0.15) is 0 Å². The number of hydrogen-bond acceptors (Lipinski definition) is 4. The molecule has 2 saturated heterocycles. The zero-order valence-electron chi connectivity index (χ0n) is 13.4. The number of morpholine rings is 1. The lowest BCUT2D eigenvalue weighted by atomic mass is 10.0. The highest BCUT2D eigenvalue weighted by Gasteiger charge is 2.29. The van der Waals surface area contributed by atoms with Gasteiger partial charge >= 0.3 is 6.03 Å². The maximum atomic E-state index is 12.6. The molecule has 0 N–H and O–H groups in total. The zero-order valence-corrected chi connectivity index (χ0v) is 15.0. The Hall–Kier alpha value is -1.34. The molecule has 3 rings (SSSR count). The molecule has 23 heavy (non-hydrogen) atoms. The third-order valence-corrected chi connectivity index (χ3v) is 5.10. The normalized spacial score (nSPS) is 19.7. The Balaban J connectivity index is 1.53. The maximum Gasteiger partial charge on any atom is 0.320 e. The number of hydrogen-bond donors (Lipinski definition) is 0. The van der Waals surface area contributed by atoms with E-state index in [9.17, 15) is 4.79 Å². The summed E-state index contributed by atoms with van der Waals surface area (Å²) >= 11 is 3.41. The molecule has 1 aromatic rings. The van der Waals surface area contributed by atoms with Gasteiger partial charge in [-0.1, -0.05) is 0 Å². The average Bonchev–Trinajstić information content (AvgIpc) is 2.62. The number of amides is 2. The largest absolute Gasteiger partial charge is 0.378 e. The van der Waals surface area contributed by atoms with Gasteiger partial charge in [0.2, 0.25) is 0 Å². The first-order valence-electron chi connectivity index (χ1n) is 8.11. The van der Waals surface area contributed by atoms with E-state index in [1.54, 1.807) is 0 Å². The molecule has 3 heterocycles. The fraction of sp³-hybridized carbons (Fsp3) is 0.625. The van der Waals surface area contributed by atoms with Gasteiger partial charge in [-0.25, -0.2) is 9.78 Å². The number of halogens is 1. The Morgan fingerprint density at radius 1 is 1.26 bits per heavy atom. The van der Waals surface area contributed by atoms with Crippen LogP contribution in [0.2, 0.25) is 0 Å². The summed E-state index contributed by atoms with van der Waals surface area (Å²) in [6.45, 7) is 4.55. The van der Waals surface area contributed by atoms with Crippen molar-refractivity contribution >= 4 is 27.8 Å². The van der Waals surface area contributed by atoms with Gasteiger partial charge < -0.3 is 19.4 Å². The molecule has 0 aromatic carbocycles. The Kier molecular flexibility index (Phi) is 5.38. The highest BCUT2D eigenvalue weighted by Crippen LogP contribution is 2.22. The molecule has 0 radical (unpaired) electrons. The summed E-state index contributed by atoms with van der Waals surface area (Å²) in [5.41, 5.74) is 0. The topological polar surface area (TPSA) is 48.9 Å². The molecule has 7 heteroatoms. The SMILES string of the molecule is CN(C(=O)N1CCOCC1)C1CCN(c2ccc(Br)cn2)CC1. The number of anilines is 1. The first-order chi connectivity index (χ1) is 11.1. The number of carbonyl (C=O) groups excluding carboxylic acids is 1. The van der Waals surface area contributed by atoms with Crippen LogP contribution in [0.1, 0.15) is 12.8 Å². The van der Waals surface area contributed by atoms with E-state index in [4.69, 9.17) is 4.74 Å². The first kappa shape index (κ1) is 16.5. The second-order valence-electron chi connectivity index (χ2n) is 6.05. The Labute approximate surface area is 145 Å². The van der Waals surface area contributed by atoms with Crippen LogP contribution in [-0.2, 0) is 4.74 Å². The standard InChI is InChI=1S/C16H23BrN4O2/c1-19(16(22)21-8-10-23-11-9-21)14-4-6-20(7-5-14)15-3-2-13(17)12-18-15/h2-3,12,14H,4-11H2,1H3. The number of piperidine rings is 1. The molecule has 2 fully saturated rings. The summed E-state index contributed by atoms with van der Waals surface area (Å²) in [6.07, 6.45) is 3.78. The van der Waals surface area contributed by atoms with E-state index in [0.29, 0.717) is 32.3 Å². The molecule has 126 valence electrons. The van der Waals surface area contributed by atoms with E-state index < -0.39 is 0 Å². The number of carbonyl (C=O) groups is 1. The lowest BCUT2D eigenvalue weighted by Crippen LogP contribution is -2.52. The van der Waals surface area contributed by atoms with Gasteiger partial charge in [0.15, 0.2) is 0 Å². The molecule has 0 bridgehead atoms. The van der Waals surface area contributed by atoms with E-state index in [-0.39, 0.29) is 6.03 Å². The van der Waals surface area contributed by atoms with Crippen LogP contribution in [-0.4, -0.2) is 73.3 Å². The minimum atomic E-state index is 0.133. The van der Waals surface area contributed by atoms with Crippen molar-refractivity contribution in [3.8, 4) is 0 Å². The van der Waals surface area contributed by atoms with Crippen LogP contribution in [0.3, 0.4) is 0 Å². The van der Waals surface area contributed by atoms with Crippen molar-refractivity contribution in [2.45, 2.75) is 18.9 Å².